The molecule has 0 aliphatic rings. The first-order valence-electron chi connectivity index (χ1n) is 6.76. The van der Waals surface area contributed by atoms with Crippen molar-refractivity contribution in [3.05, 3.63) is 60.4 Å². The number of aromatic nitrogens is 2. The molecule has 0 unspecified atom stereocenters. The minimum atomic E-state index is -1.07. The highest BCUT2D eigenvalue weighted by Gasteiger charge is 2.18. The van der Waals surface area contributed by atoms with Crippen LogP contribution in [0.5, 0.6) is 0 Å². The molecule has 122 valence electrons. The van der Waals surface area contributed by atoms with E-state index in [-0.39, 0.29) is 10.4 Å². The van der Waals surface area contributed by atoms with Crippen molar-refractivity contribution in [3.63, 3.8) is 0 Å². The van der Waals surface area contributed by atoms with Crippen LogP contribution in [0.2, 0.25) is 10.0 Å². The zero-order chi connectivity index (χ0) is 17.4. The first kappa shape index (κ1) is 16.7. The first-order valence-corrected chi connectivity index (χ1v) is 8.34. The Bertz CT molecular complexity index is 1050. The third-order valence-electron chi connectivity index (χ3n) is 3.40. The second-order valence-corrected chi connectivity index (χ2v) is 6.83. The van der Waals surface area contributed by atoms with E-state index in [1.165, 1.54) is 0 Å². The smallest absolute Gasteiger partial charge is 0.346 e. The van der Waals surface area contributed by atoms with E-state index in [4.69, 9.17) is 28.3 Å². The van der Waals surface area contributed by atoms with Crippen LogP contribution in [0.4, 0.5) is 0 Å². The Hall–Kier alpha value is -2.15. The van der Waals surface area contributed by atoms with Gasteiger partial charge in [-0.15, -0.1) is 11.3 Å². The number of nitrogens with one attached hydrogen (secondary N) is 1. The Morgan fingerprint density at radius 3 is 2.75 bits per heavy atom. The molecule has 0 aliphatic carbocycles. The summed E-state index contributed by atoms with van der Waals surface area (Å²) in [6, 6.07) is 5.06. The van der Waals surface area contributed by atoms with Crippen LogP contribution in [0.3, 0.4) is 0 Å². The van der Waals surface area contributed by atoms with Gasteiger partial charge in [-0.3, -0.25) is 4.79 Å². The normalized spacial score (nSPS) is 11.5. The van der Waals surface area contributed by atoms with E-state index < -0.39 is 5.97 Å². The van der Waals surface area contributed by atoms with Gasteiger partial charge in [0.1, 0.15) is 15.5 Å². The van der Waals surface area contributed by atoms with Crippen molar-refractivity contribution in [1.29, 1.82) is 0 Å². The van der Waals surface area contributed by atoms with Crippen LogP contribution in [-0.2, 0) is 0 Å². The standard InChI is InChI=1S/C16H10Cl2N2O3S/c1-7-12-14(21)19-11(20-15(12)24-13(7)16(22)23)5-3-8-2-4-9(17)6-10(8)18/h2-6H,1H3,(H,22,23)(H,19,20,21)/b5-3+. The van der Waals surface area contributed by atoms with E-state index in [9.17, 15) is 9.59 Å². The van der Waals surface area contributed by atoms with E-state index >= 15 is 0 Å². The van der Waals surface area contributed by atoms with Gasteiger partial charge in [-0.1, -0.05) is 29.3 Å². The SMILES string of the molecule is Cc1c(C(=O)O)sc2nc(/C=C/c3ccc(Cl)cc3Cl)[nH]c(=O)c12. The van der Waals surface area contributed by atoms with Crippen LogP contribution >= 0.6 is 34.5 Å². The summed E-state index contributed by atoms with van der Waals surface area (Å²) in [5.74, 6) is -0.753. The average Bonchev–Trinajstić information content (AvgIpc) is 2.84. The zero-order valence-electron chi connectivity index (χ0n) is 12.3. The molecular formula is C16H10Cl2N2O3S. The van der Waals surface area contributed by atoms with E-state index in [1.54, 1.807) is 37.3 Å². The van der Waals surface area contributed by atoms with Crippen LogP contribution in [0.1, 0.15) is 26.6 Å². The lowest BCUT2D eigenvalue weighted by molar-refractivity contribution is 0.0701. The Morgan fingerprint density at radius 2 is 2.08 bits per heavy atom. The monoisotopic (exact) mass is 380 g/mol. The maximum Gasteiger partial charge on any atom is 0.346 e. The topological polar surface area (TPSA) is 83.0 Å². The van der Waals surface area contributed by atoms with Gasteiger partial charge in [0.25, 0.3) is 5.56 Å². The number of rotatable bonds is 3. The molecule has 0 saturated carbocycles. The minimum Gasteiger partial charge on any atom is -0.477 e. The molecule has 1 aromatic carbocycles. The quantitative estimate of drug-likeness (QED) is 0.701. The molecule has 0 aliphatic heterocycles. The summed E-state index contributed by atoms with van der Waals surface area (Å²) >= 11 is 12.9. The summed E-state index contributed by atoms with van der Waals surface area (Å²) in [6.45, 7) is 1.60. The fourth-order valence-corrected chi connectivity index (χ4v) is 3.75. The molecule has 24 heavy (non-hydrogen) atoms. The van der Waals surface area contributed by atoms with Gasteiger partial charge in [0.05, 0.1) is 5.39 Å². The summed E-state index contributed by atoms with van der Waals surface area (Å²) in [5.41, 5.74) is 0.771. The molecule has 0 atom stereocenters. The number of carboxylic acid groups (broad SMARTS) is 1. The lowest BCUT2D eigenvalue weighted by Gasteiger charge is -1.99. The molecular weight excluding hydrogens is 371 g/mol. The molecule has 3 aromatic rings. The number of halogens is 2. The minimum absolute atomic E-state index is 0.116. The zero-order valence-corrected chi connectivity index (χ0v) is 14.6. The van der Waals surface area contributed by atoms with Gasteiger partial charge < -0.3 is 10.1 Å². The number of aromatic carboxylic acids is 1. The third-order valence-corrected chi connectivity index (χ3v) is 5.13. The number of H-pyrrole nitrogens is 1. The maximum absolute atomic E-state index is 12.2. The Balaban J connectivity index is 2.06. The van der Waals surface area contributed by atoms with E-state index in [1.807, 2.05) is 0 Å². The van der Waals surface area contributed by atoms with Gasteiger partial charge in [0, 0.05) is 10.0 Å². The van der Waals surface area contributed by atoms with Crippen LogP contribution < -0.4 is 5.56 Å². The average molecular weight is 381 g/mol. The molecule has 0 fully saturated rings. The predicted molar refractivity (Wildman–Crippen MR) is 97.3 cm³/mol. The van der Waals surface area contributed by atoms with Crippen molar-refractivity contribution >= 4 is 62.9 Å². The molecule has 0 amide bonds. The number of hydrogen-bond acceptors (Lipinski definition) is 4. The second-order valence-electron chi connectivity index (χ2n) is 4.99. The number of benzene rings is 1. The van der Waals surface area contributed by atoms with Crippen molar-refractivity contribution in [2.45, 2.75) is 6.92 Å². The Kier molecular flexibility index (Phi) is 4.45. The highest BCUT2D eigenvalue weighted by Crippen LogP contribution is 2.27. The van der Waals surface area contributed by atoms with E-state index in [0.29, 0.717) is 31.6 Å². The summed E-state index contributed by atoms with van der Waals surface area (Å²) in [6.07, 6.45) is 3.30. The first-order chi connectivity index (χ1) is 11.4. The lowest BCUT2D eigenvalue weighted by atomic mass is 10.2. The number of hydrogen-bond donors (Lipinski definition) is 2. The van der Waals surface area contributed by atoms with Gasteiger partial charge >= 0.3 is 5.97 Å². The van der Waals surface area contributed by atoms with Crippen LogP contribution in [-0.4, -0.2) is 21.0 Å². The van der Waals surface area contributed by atoms with Crippen molar-refractivity contribution < 1.29 is 9.90 Å². The molecule has 2 N–H and O–H groups in total. The Labute approximate surface area is 150 Å². The van der Waals surface area contributed by atoms with Gasteiger partial charge in [0.15, 0.2) is 0 Å². The van der Waals surface area contributed by atoms with Gasteiger partial charge in [0.2, 0.25) is 0 Å². The number of nitrogens with zero attached hydrogens (tertiary/aromatic N) is 1. The second kappa shape index (κ2) is 6.39. The molecule has 2 heterocycles. The number of carbonyl (C=O) groups is 1. The molecule has 2 aromatic heterocycles. The van der Waals surface area contributed by atoms with Crippen molar-refractivity contribution in [1.82, 2.24) is 9.97 Å². The summed E-state index contributed by atoms with van der Waals surface area (Å²) < 4.78 is 0. The van der Waals surface area contributed by atoms with Crippen molar-refractivity contribution in [2.24, 2.45) is 0 Å². The molecule has 0 saturated heterocycles. The van der Waals surface area contributed by atoms with Crippen molar-refractivity contribution in [3.8, 4) is 0 Å². The maximum atomic E-state index is 12.2. The molecule has 0 spiro atoms. The fraction of sp³-hybridized carbons (Fsp3) is 0.0625. The van der Waals surface area contributed by atoms with Crippen LogP contribution in [0.25, 0.3) is 22.4 Å². The Morgan fingerprint density at radius 1 is 1.33 bits per heavy atom. The number of thiophene rings is 1. The lowest BCUT2D eigenvalue weighted by Crippen LogP contribution is -2.09. The van der Waals surface area contributed by atoms with Gasteiger partial charge in [-0.25, -0.2) is 9.78 Å². The number of fused-ring (bicyclic) bond motifs is 1. The number of aromatic amines is 1. The summed E-state index contributed by atoms with van der Waals surface area (Å²) in [7, 11) is 0. The summed E-state index contributed by atoms with van der Waals surface area (Å²) in [4.78, 5) is 30.9. The summed E-state index contributed by atoms with van der Waals surface area (Å²) in [5, 5.41) is 10.5. The van der Waals surface area contributed by atoms with E-state index in [0.717, 1.165) is 16.9 Å². The third kappa shape index (κ3) is 3.08. The predicted octanol–water partition coefficient (Wildman–Crippen LogP) is 4.47. The largest absolute Gasteiger partial charge is 0.477 e. The van der Waals surface area contributed by atoms with E-state index in [2.05, 4.69) is 9.97 Å². The van der Waals surface area contributed by atoms with Crippen molar-refractivity contribution in [2.75, 3.05) is 0 Å². The molecule has 0 radical (unpaired) electrons. The number of aryl methyl sites for hydroxylation is 1. The number of carboxylic acids is 1. The molecule has 8 heteroatoms. The molecule has 3 rings (SSSR count). The highest BCUT2D eigenvalue weighted by molar-refractivity contribution is 7.20. The highest BCUT2D eigenvalue weighted by atomic mass is 35.5. The molecule has 0 bridgehead atoms. The fourth-order valence-electron chi connectivity index (χ4n) is 2.25. The molecule has 5 nitrogen and oxygen atoms in total. The van der Waals surface area contributed by atoms with Gasteiger partial charge in [-0.2, -0.15) is 0 Å². The van der Waals surface area contributed by atoms with Gasteiger partial charge in [-0.05, 0) is 42.3 Å². The van der Waals surface area contributed by atoms with Crippen LogP contribution in [0.15, 0.2) is 23.0 Å². The van der Waals surface area contributed by atoms with Crippen LogP contribution in [0, 0.1) is 6.92 Å².